The lowest BCUT2D eigenvalue weighted by molar-refractivity contribution is -0.116. The lowest BCUT2D eigenvalue weighted by atomic mass is 9.88. The fourth-order valence-corrected chi connectivity index (χ4v) is 6.56. The monoisotopic (exact) mass is 419 g/mol. The number of fused-ring (bicyclic) bond motifs is 2. The molecule has 4 N–H and O–H groups in total. The van der Waals surface area contributed by atoms with Crippen molar-refractivity contribution in [3.05, 3.63) is 39.8 Å². The molecule has 0 bridgehead atoms. The topological polar surface area (TPSA) is 118 Å². The summed E-state index contributed by atoms with van der Waals surface area (Å²) in [7, 11) is -3.89. The van der Waals surface area contributed by atoms with Crippen LogP contribution in [0.4, 0.5) is 10.7 Å². The molecule has 1 aromatic carbocycles. The van der Waals surface area contributed by atoms with E-state index in [1.54, 1.807) is 12.1 Å². The van der Waals surface area contributed by atoms with Gasteiger partial charge in [-0.25, -0.2) is 8.42 Å². The maximum atomic E-state index is 13.0. The van der Waals surface area contributed by atoms with E-state index >= 15 is 0 Å². The van der Waals surface area contributed by atoms with Gasteiger partial charge in [-0.05, 0) is 60.9 Å². The van der Waals surface area contributed by atoms with Crippen LogP contribution in [-0.4, -0.2) is 20.2 Å². The molecule has 28 heavy (non-hydrogen) atoms. The predicted octanol–water partition coefficient (Wildman–Crippen LogP) is 2.66. The van der Waals surface area contributed by atoms with Gasteiger partial charge in [0.15, 0.2) is 0 Å². The molecule has 148 valence electrons. The van der Waals surface area contributed by atoms with Gasteiger partial charge in [-0.2, -0.15) is 0 Å². The Morgan fingerprint density at radius 2 is 2.07 bits per heavy atom. The van der Waals surface area contributed by atoms with Gasteiger partial charge in [0.25, 0.3) is 15.9 Å². The highest BCUT2D eigenvalue weighted by atomic mass is 32.2. The van der Waals surface area contributed by atoms with E-state index in [2.05, 4.69) is 17.0 Å². The normalized spacial score (nSPS) is 18.8. The molecule has 0 unspecified atom stereocenters. The zero-order valence-corrected chi connectivity index (χ0v) is 17.0. The molecule has 0 fully saturated rings. The Hall–Kier alpha value is -2.39. The number of nitrogens with two attached hydrogens (primary N) is 1. The molecule has 0 saturated heterocycles. The van der Waals surface area contributed by atoms with Crippen LogP contribution in [-0.2, 0) is 34.1 Å². The van der Waals surface area contributed by atoms with E-state index in [0.717, 1.165) is 35.3 Å². The maximum absolute atomic E-state index is 13.0. The minimum absolute atomic E-state index is 0.0780. The molecule has 0 spiro atoms. The predicted molar refractivity (Wildman–Crippen MR) is 108 cm³/mol. The Kier molecular flexibility index (Phi) is 4.67. The van der Waals surface area contributed by atoms with Crippen LogP contribution in [0.5, 0.6) is 0 Å². The van der Waals surface area contributed by atoms with E-state index in [1.165, 1.54) is 17.4 Å². The molecule has 9 heteroatoms. The second kappa shape index (κ2) is 6.89. The van der Waals surface area contributed by atoms with Gasteiger partial charge >= 0.3 is 0 Å². The van der Waals surface area contributed by atoms with Crippen molar-refractivity contribution in [3.8, 4) is 0 Å². The summed E-state index contributed by atoms with van der Waals surface area (Å²) >= 11 is 1.30. The third-order valence-corrected chi connectivity index (χ3v) is 7.91. The highest BCUT2D eigenvalue weighted by Crippen LogP contribution is 2.40. The molecule has 7 nitrogen and oxygen atoms in total. The summed E-state index contributed by atoms with van der Waals surface area (Å²) in [5.74, 6) is -0.198. The Morgan fingerprint density at radius 3 is 2.82 bits per heavy atom. The van der Waals surface area contributed by atoms with Gasteiger partial charge in [0, 0.05) is 17.0 Å². The largest absolute Gasteiger partial charge is 0.365 e. The summed E-state index contributed by atoms with van der Waals surface area (Å²) in [5.41, 5.74) is 8.15. The number of nitrogens with one attached hydrogen (secondary N) is 2. The summed E-state index contributed by atoms with van der Waals surface area (Å²) in [6, 6.07) is 4.61. The number of benzene rings is 1. The summed E-state index contributed by atoms with van der Waals surface area (Å²) in [6.07, 6.45) is 3.31. The fourth-order valence-electron chi connectivity index (χ4n) is 3.79. The molecule has 2 aromatic rings. The number of hydrogen-bond acceptors (Lipinski definition) is 5. The Labute approximate surface area is 167 Å². The molecule has 1 aromatic heterocycles. The second-order valence-electron chi connectivity index (χ2n) is 7.39. The number of thiophene rings is 1. The van der Waals surface area contributed by atoms with E-state index in [-0.39, 0.29) is 15.8 Å². The van der Waals surface area contributed by atoms with Crippen LogP contribution in [0.25, 0.3) is 0 Å². The van der Waals surface area contributed by atoms with Gasteiger partial charge < -0.3 is 11.1 Å². The number of carbonyl (C=O) groups is 2. The molecule has 1 aliphatic carbocycles. The van der Waals surface area contributed by atoms with Crippen LogP contribution in [0.2, 0.25) is 0 Å². The summed E-state index contributed by atoms with van der Waals surface area (Å²) in [6.45, 7) is 2.14. The fraction of sp³-hybridized carbons (Fsp3) is 0.368. The number of carbonyl (C=O) groups excluding carboxylic acids is 2. The maximum Gasteiger partial charge on any atom is 0.262 e. The van der Waals surface area contributed by atoms with Crippen molar-refractivity contribution in [3.63, 3.8) is 0 Å². The summed E-state index contributed by atoms with van der Waals surface area (Å²) < 4.78 is 28.5. The number of sulfonamides is 1. The second-order valence-corrected chi connectivity index (χ2v) is 10.2. The first kappa shape index (κ1) is 18.9. The first-order valence-corrected chi connectivity index (χ1v) is 11.4. The first-order valence-electron chi connectivity index (χ1n) is 9.14. The molecular formula is C19H21N3O4S2. The van der Waals surface area contributed by atoms with Crippen molar-refractivity contribution in [2.75, 3.05) is 10.0 Å². The number of primary amides is 1. The minimum Gasteiger partial charge on any atom is -0.365 e. The molecule has 2 heterocycles. The zero-order valence-electron chi connectivity index (χ0n) is 15.4. The molecule has 2 amide bonds. The Bertz CT molecular complexity index is 1090. The number of amides is 2. The molecule has 1 atom stereocenters. The smallest absolute Gasteiger partial charge is 0.262 e. The van der Waals surface area contributed by atoms with E-state index in [9.17, 15) is 18.0 Å². The molecule has 2 aliphatic rings. The summed E-state index contributed by atoms with van der Waals surface area (Å²) in [5, 5.41) is 3.03. The van der Waals surface area contributed by atoms with Crippen LogP contribution < -0.4 is 15.8 Å². The number of rotatable bonds is 4. The molecule has 1 aliphatic heterocycles. The van der Waals surface area contributed by atoms with Crippen molar-refractivity contribution in [2.45, 2.75) is 43.9 Å². The van der Waals surface area contributed by atoms with Crippen LogP contribution in [0.3, 0.4) is 0 Å². The van der Waals surface area contributed by atoms with Gasteiger partial charge in [0.05, 0.1) is 10.5 Å². The van der Waals surface area contributed by atoms with Crippen molar-refractivity contribution in [2.24, 2.45) is 11.7 Å². The molecule has 0 radical (unpaired) electrons. The van der Waals surface area contributed by atoms with Crippen LogP contribution in [0.1, 0.15) is 46.1 Å². The molecule has 4 rings (SSSR count). The third kappa shape index (κ3) is 3.40. The summed E-state index contributed by atoms with van der Waals surface area (Å²) in [4.78, 5) is 24.6. The highest BCUT2D eigenvalue weighted by Gasteiger charge is 2.29. The van der Waals surface area contributed by atoms with E-state index in [0.29, 0.717) is 30.0 Å². The van der Waals surface area contributed by atoms with E-state index < -0.39 is 15.9 Å². The quantitative estimate of drug-likeness (QED) is 0.706. The number of hydrogen-bond donors (Lipinski definition) is 3. The molecule has 0 saturated carbocycles. The van der Waals surface area contributed by atoms with Gasteiger partial charge in [0.2, 0.25) is 5.91 Å². The highest BCUT2D eigenvalue weighted by molar-refractivity contribution is 7.93. The van der Waals surface area contributed by atoms with Crippen LogP contribution in [0, 0.1) is 5.92 Å². The van der Waals surface area contributed by atoms with Gasteiger partial charge in [0.1, 0.15) is 5.00 Å². The first-order chi connectivity index (χ1) is 13.2. The third-order valence-electron chi connectivity index (χ3n) is 5.27. The molecular weight excluding hydrogens is 398 g/mol. The lowest BCUT2D eigenvalue weighted by Crippen LogP contribution is -2.21. The zero-order chi connectivity index (χ0) is 20.1. The van der Waals surface area contributed by atoms with Crippen molar-refractivity contribution < 1.29 is 18.0 Å². The van der Waals surface area contributed by atoms with Crippen molar-refractivity contribution in [1.82, 2.24) is 0 Å². The SMILES string of the molecule is C[C@H]1CCc2c(sc(NS(=O)(=O)c3ccc4c(c3)CCC(=O)N4)c2C(N)=O)C1. The van der Waals surface area contributed by atoms with Crippen LogP contribution in [0.15, 0.2) is 23.1 Å². The standard InChI is InChI=1S/C19H21N3O4S2/c1-10-2-5-13-15(8-10)27-19(17(13)18(20)24)22-28(25,26)12-4-6-14-11(9-12)3-7-16(23)21-14/h4,6,9-10,22H,2-3,5,7-8H2,1H3,(H2,20,24)(H,21,23)/t10-/m0/s1. The van der Waals surface area contributed by atoms with Crippen molar-refractivity contribution in [1.29, 1.82) is 0 Å². The Morgan fingerprint density at radius 1 is 1.29 bits per heavy atom. The average molecular weight is 420 g/mol. The van der Waals surface area contributed by atoms with E-state index in [1.807, 2.05) is 0 Å². The van der Waals surface area contributed by atoms with Gasteiger partial charge in [-0.15, -0.1) is 11.3 Å². The van der Waals surface area contributed by atoms with E-state index in [4.69, 9.17) is 5.73 Å². The van der Waals surface area contributed by atoms with Crippen molar-refractivity contribution >= 4 is 43.9 Å². The van der Waals surface area contributed by atoms with Gasteiger partial charge in [-0.3, -0.25) is 14.3 Å². The average Bonchev–Trinajstić information content (AvgIpc) is 2.97. The van der Waals surface area contributed by atoms with Gasteiger partial charge in [-0.1, -0.05) is 6.92 Å². The number of anilines is 2. The van der Waals surface area contributed by atoms with Crippen LogP contribution >= 0.6 is 11.3 Å². The lowest BCUT2D eigenvalue weighted by Gasteiger charge is -2.18. The minimum atomic E-state index is -3.89. The number of aryl methyl sites for hydroxylation is 1. The Balaban J connectivity index is 1.69.